The Hall–Kier alpha value is -5.23. The van der Waals surface area contributed by atoms with Gasteiger partial charge >= 0.3 is 0 Å². The van der Waals surface area contributed by atoms with Gasteiger partial charge in [0, 0.05) is 46.7 Å². The van der Waals surface area contributed by atoms with Crippen LogP contribution in [0.25, 0.3) is 27.7 Å². The SMILES string of the molecule is CCn1ncc2cc(Oc3ccc(NC(=O)c4ccc(SC)n(-c5ccc(F)cc5)c4=O)cc3F)c(-c3cn[nH]c3)cc21. The number of ether oxygens (including phenoxy) is 1. The van der Waals surface area contributed by atoms with Gasteiger partial charge in [-0.1, -0.05) is 0 Å². The first-order valence-electron chi connectivity index (χ1n) is 13.2. The molecule has 1 amide bonds. The molecule has 0 saturated carbocycles. The van der Waals surface area contributed by atoms with Crippen LogP contribution in [0.4, 0.5) is 14.5 Å². The molecule has 3 heterocycles. The third-order valence-corrected chi connectivity index (χ3v) is 7.58. The summed E-state index contributed by atoms with van der Waals surface area (Å²) >= 11 is 1.30. The van der Waals surface area contributed by atoms with Crippen LogP contribution < -0.4 is 15.6 Å². The van der Waals surface area contributed by atoms with E-state index >= 15 is 4.39 Å². The minimum absolute atomic E-state index is 0.0621. The Morgan fingerprint density at radius 3 is 2.53 bits per heavy atom. The monoisotopic (exact) mass is 598 g/mol. The highest BCUT2D eigenvalue weighted by Crippen LogP contribution is 2.38. The Bertz CT molecular complexity index is 2020. The summed E-state index contributed by atoms with van der Waals surface area (Å²) in [6, 6.07) is 16.1. The molecule has 0 atom stereocenters. The highest BCUT2D eigenvalue weighted by atomic mass is 32.2. The molecule has 6 rings (SSSR count). The number of rotatable bonds is 8. The van der Waals surface area contributed by atoms with Crippen LogP contribution >= 0.6 is 11.8 Å². The van der Waals surface area contributed by atoms with Crippen LogP contribution in [0, 0.1) is 11.6 Å². The Morgan fingerprint density at radius 2 is 1.84 bits per heavy atom. The molecule has 216 valence electrons. The molecule has 0 unspecified atom stereocenters. The van der Waals surface area contributed by atoms with Gasteiger partial charge in [-0.05, 0) is 73.8 Å². The molecule has 0 bridgehead atoms. The van der Waals surface area contributed by atoms with Crippen molar-refractivity contribution in [2.75, 3.05) is 11.6 Å². The van der Waals surface area contributed by atoms with Gasteiger partial charge in [-0.2, -0.15) is 10.2 Å². The standard InChI is InChI=1S/C31H24F2N6O3S/c1-3-38-26-14-24(19-15-34-35-16-19)28(12-18(26)17-36-38)42-27-10-6-21(13-25(27)33)37-30(40)23-9-11-29(43-2)39(31(23)41)22-7-4-20(32)5-8-22/h4-17H,3H2,1-2H3,(H,34,35)(H,37,40). The lowest BCUT2D eigenvalue weighted by molar-refractivity contribution is 0.102. The van der Waals surface area contributed by atoms with Crippen molar-refractivity contribution < 1.29 is 18.3 Å². The molecular weight excluding hydrogens is 574 g/mol. The van der Waals surface area contributed by atoms with Crippen molar-refractivity contribution in [2.24, 2.45) is 0 Å². The van der Waals surface area contributed by atoms with E-state index in [-0.39, 0.29) is 17.0 Å². The van der Waals surface area contributed by atoms with Crippen LogP contribution in [0.5, 0.6) is 11.5 Å². The predicted molar refractivity (Wildman–Crippen MR) is 161 cm³/mol. The van der Waals surface area contributed by atoms with Gasteiger partial charge in [0.15, 0.2) is 11.6 Å². The van der Waals surface area contributed by atoms with Crippen molar-refractivity contribution >= 4 is 34.3 Å². The van der Waals surface area contributed by atoms with E-state index in [4.69, 9.17) is 4.74 Å². The number of carbonyl (C=O) groups excluding carboxylic acids is 1. The van der Waals surface area contributed by atoms with Crippen molar-refractivity contribution in [1.29, 1.82) is 0 Å². The zero-order valence-corrected chi connectivity index (χ0v) is 23.8. The number of aromatic amines is 1. The maximum Gasteiger partial charge on any atom is 0.268 e. The number of carbonyl (C=O) groups is 1. The summed E-state index contributed by atoms with van der Waals surface area (Å²) in [7, 11) is 0. The van der Waals surface area contributed by atoms with Crippen molar-refractivity contribution in [1.82, 2.24) is 24.5 Å². The van der Waals surface area contributed by atoms with E-state index < -0.39 is 23.1 Å². The molecule has 0 spiro atoms. The van der Waals surface area contributed by atoms with Crippen LogP contribution in [0.1, 0.15) is 17.3 Å². The third-order valence-electron chi connectivity index (χ3n) is 6.85. The number of hydrogen-bond acceptors (Lipinski definition) is 6. The number of nitrogens with one attached hydrogen (secondary N) is 2. The first-order chi connectivity index (χ1) is 20.9. The van der Waals surface area contributed by atoms with E-state index in [0.717, 1.165) is 22.5 Å². The lowest BCUT2D eigenvalue weighted by atomic mass is 10.1. The van der Waals surface area contributed by atoms with E-state index in [0.29, 0.717) is 28.6 Å². The van der Waals surface area contributed by atoms with E-state index in [1.807, 2.05) is 17.7 Å². The summed E-state index contributed by atoms with van der Waals surface area (Å²) in [4.78, 5) is 26.4. The number of nitrogens with zero attached hydrogens (tertiary/aromatic N) is 4. The fourth-order valence-electron chi connectivity index (χ4n) is 4.73. The van der Waals surface area contributed by atoms with E-state index in [2.05, 4.69) is 20.6 Å². The van der Waals surface area contributed by atoms with E-state index in [1.165, 1.54) is 58.8 Å². The average Bonchev–Trinajstić information content (AvgIpc) is 3.68. The molecule has 0 radical (unpaired) electrons. The van der Waals surface area contributed by atoms with Crippen molar-refractivity contribution in [3.8, 4) is 28.3 Å². The van der Waals surface area contributed by atoms with Gasteiger partial charge in [-0.25, -0.2) is 8.78 Å². The Kier molecular flexibility index (Phi) is 7.51. The molecular formula is C31H24F2N6O3S. The maximum atomic E-state index is 15.3. The maximum absolute atomic E-state index is 15.3. The number of fused-ring (bicyclic) bond motifs is 1. The number of H-pyrrole nitrogens is 1. The number of aromatic nitrogens is 5. The first kappa shape index (κ1) is 27.9. The summed E-state index contributed by atoms with van der Waals surface area (Å²) < 4.78 is 38.0. The highest BCUT2D eigenvalue weighted by Gasteiger charge is 2.19. The molecule has 9 nitrogen and oxygen atoms in total. The quantitative estimate of drug-likeness (QED) is 0.190. The zero-order valence-electron chi connectivity index (χ0n) is 23.0. The summed E-state index contributed by atoms with van der Waals surface area (Å²) in [5.41, 5.74) is 2.13. The number of benzene rings is 3. The summed E-state index contributed by atoms with van der Waals surface area (Å²) in [6.45, 7) is 2.67. The second-order valence-corrected chi connectivity index (χ2v) is 10.3. The number of thioether (sulfide) groups is 1. The lowest BCUT2D eigenvalue weighted by Gasteiger charge is -2.14. The van der Waals surface area contributed by atoms with Gasteiger partial charge in [-0.15, -0.1) is 11.8 Å². The predicted octanol–water partition coefficient (Wildman–Crippen LogP) is 6.64. The molecule has 0 aliphatic carbocycles. The molecule has 2 N–H and O–H groups in total. The molecule has 0 fully saturated rings. The topological polar surface area (TPSA) is 107 Å². The van der Waals surface area contributed by atoms with Crippen LogP contribution in [-0.4, -0.2) is 36.7 Å². The number of aryl methyl sites for hydroxylation is 1. The van der Waals surface area contributed by atoms with Crippen molar-refractivity contribution in [2.45, 2.75) is 18.5 Å². The van der Waals surface area contributed by atoms with Crippen LogP contribution in [-0.2, 0) is 6.54 Å². The summed E-state index contributed by atoms with van der Waals surface area (Å²) in [5, 5.41) is 15.2. The molecule has 6 aromatic rings. The number of pyridine rings is 1. The summed E-state index contributed by atoms with van der Waals surface area (Å²) in [6.07, 6.45) is 6.86. The molecule has 3 aromatic carbocycles. The number of halogens is 2. The largest absolute Gasteiger partial charge is 0.454 e. The minimum atomic E-state index is -0.721. The number of amides is 1. The fourth-order valence-corrected chi connectivity index (χ4v) is 5.31. The lowest BCUT2D eigenvalue weighted by Crippen LogP contribution is -2.29. The smallest absolute Gasteiger partial charge is 0.268 e. The van der Waals surface area contributed by atoms with Crippen LogP contribution in [0.15, 0.2) is 95.1 Å². The minimum Gasteiger partial charge on any atom is -0.454 e. The van der Waals surface area contributed by atoms with Gasteiger partial charge < -0.3 is 10.1 Å². The molecule has 43 heavy (non-hydrogen) atoms. The molecule has 0 aliphatic heterocycles. The van der Waals surface area contributed by atoms with Crippen molar-refractivity contribution in [3.63, 3.8) is 0 Å². The number of anilines is 1. The van der Waals surface area contributed by atoms with E-state index in [9.17, 15) is 14.0 Å². The number of hydrogen-bond donors (Lipinski definition) is 2. The third kappa shape index (κ3) is 5.40. The fraction of sp³-hybridized carbons (Fsp3) is 0.0968. The zero-order chi connectivity index (χ0) is 30.1. The molecule has 3 aromatic heterocycles. The van der Waals surface area contributed by atoms with Crippen molar-refractivity contribution in [3.05, 3.63) is 113 Å². The van der Waals surface area contributed by atoms with Gasteiger partial charge in [0.2, 0.25) is 0 Å². The Balaban J connectivity index is 1.28. The second kappa shape index (κ2) is 11.6. The molecule has 12 heteroatoms. The van der Waals surface area contributed by atoms with Crippen LogP contribution in [0.3, 0.4) is 0 Å². The second-order valence-electron chi connectivity index (χ2n) is 9.46. The molecule has 0 aliphatic rings. The van der Waals surface area contributed by atoms with E-state index in [1.54, 1.807) is 37.0 Å². The van der Waals surface area contributed by atoms with Gasteiger partial charge in [0.1, 0.15) is 17.1 Å². The Labute approximate surface area is 248 Å². The highest BCUT2D eigenvalue weighted by molar-refractivity contribution is 7.98. The Morgan fingerprint density at radius 1 is 1.02 bits per heavy atom. The first-order valence-corrected chi connectivity index (χ1v) is 14.4. The van der Waals surface area contributed by atoms with Gasteiger partial charge in [0.25, 0.3) is 11.5 Å². The normalized spacial score (nSPS) is 11.2. The molecule has 0 saturated heterocycles. The van der Waals surface area contributed by atoms with Gasteiger partial charge in [-0.3, -0.25) is 23.9 Å². The van der Waals surface area contributed by atoms with Crippen LogP contribution in [0.2, 0.25) is 0 Å². The average molecular weight is 599 g/mol. The van der Waals surface area contributed by atoms with Gasteiger partial charge in [0.05, 0.1) is 22.9 Å². The summed E-state index contributed by atoms with van der Waals surface area (Å²) in [5.74, 6) is -1.55.